The van der Waals surface area contributed by atoms with E-state index in [0.29, 0.717) is 5.92 Å². The van der Waals surface area contributed by atoms with Crippen LogP contribution in [0.1, 0.15) is 78.6 Å². The third-order valence-electron chi connectivity index (χ3n) is 11.2. The Bertz CT molecular complexity index is 819. The maximum Gasteiger partial charge on any atom is 0.309 e. The van der Waals surface area contributed by atoms with Crippen LogP contribution >= 0.6 is 0 Å². The Labute approximate surface area is 201 Å². The second-order valence-electron chi connectivity index (χ2n) is 13.0. The van der Waals surface area contributed by atoms with Crippen LogP contribution in [-0.2, 0) is 14.3 Å². The highest BCUT2D eigenvalue weighted by Gasteiger charge is 2.68. The zero-order valence-electron chi connectivity index (χ0n) is 20.7. The Hall–Kier alpha value is -0.770. The van der Waals surface area contributed by atoms with Gasteiger partial charge in [-0.15, -0.1) is 0 Å². The molecule has 8 heteroatoms. The van der Waals surface area contributed by atoms with Crippen LogP contribution < -0.4 is 0 Å². The molecule has 5 fully saturated rings. The van der Waals surface area contributed by atoms with E-state index in [1.165, 1.54) is 0 Å². The van der Waals surface area contributed by atoms with Gasteiger partial charge in [0.2, 0.25) is 0 Å². The zero-order valence-corrected chi connectivity index (χ0v) is 20.7. The normalized spacial score (nSPS) is 57.0. The van der Waals surface area contributed by atoms with Gasteiger partial charge in [0.25, 0.3) is 0 Å². The molecular formula is C26H42O8. The summed E-state index contributed by atoms with van der Waals surface area (Å²) in [5, 5.41) is 50.6. The first-order valence-corrected chi connectivity index (χ1v) is 13.1. The van der Waals surface area contributed by atoms with E-state index in [0.717, 1.165) is 57.8 Å². The molecule has 0 aromatic carbocycles. The molecule has 2 bridgehead atoms. The number of hydrogen-bond acceptors (Lipinski definition) is 7. The van der Waals surface area contributed by atoms with Crippen LogP contribution in [0.4, 0.5) is 0 Å². The smallest absolute Gasteiger partial charge is 0.309 e. The molecule has 34 heavy (non-hydrogen) atoms. The number of aliphatic carboxylic acids is 1. The summed E-state index contributed by atoms with van der Waals surface area (Å²) in [5.74, 6) is -0.0406. The summed E-state index contributed by atoms with van der Waals surface area (Å²) in [4.78, 5) is 12.3. The number of carbonyl (C=O) groups is 1. The lowest BCUT2D eigenvalue weighted by molar-refractivity contribution is -0.317. The minimum Gasteiger partial charge on any atom is -0.481 e. The molecule has 0 amide bonds. The van der Waals surface area contributed by atoms with E-state index in [-0.39, 0.29) is 28.3 Å². The first-order valence-electron chi connectivity index (χ1n) is 13.1. The molecule has 4 saturated carbocycles. The van der Waals surface area contributed by atoms with Crippen molar-refractivity contribution in [3.05, 3.63) is 0 Å². The first kappa shape index (κ1) is 24.9. The van der Waals surface area contributed by atoms with Crippen molar-refractivity contribution in [2.45, 2.75) is 115 Å². The van der Waals surface area contributed by atoms with Crippen molar-refractivity contribution in [3.63, 3.8) is 0 Å². The second-order valence-corrected chi connectivity index (χ2v) is 13.0. The number of carboxylic acids is 1. The molecule has 4 aliphatic carbocycles. The molecule has 8 nitrogen and oxygen atoms in total. The summed E-state index contributed by atoms with van der Waals surface area (Å²) < 4.78 is 12.1. The Balaban J connectivity index is 1.39. The van der Waals surface area contributed by atoms with Gasteiger partial charge in [0.1, 0.15) is 24.4 Å². The molecule has 1 heterocycles. The molecule has 3 unspecified atom stereocenters. The Morgan fingerprint density at radius 3 is 2.35 bits per heavy atom. The number of aliphatic hydroxyl groups excluding tert-OH is 4. The van der Waals surface area contributed by atoms with Crippen LogP contribution in [0.5, 0.6) is 0 Å². The van der Waals surface area contributed by atoms with Gasteiger partial charge in [-0.3, -0.25) is 4.79 Å². The molecule has 1 aliphatic heterocycles. The van der Waals surface area contributed by atoms with Gasteiger partial charge in [-0.1, -0.05) is 20.3 Å². The van der Waals surface area contributed by atoms with E-state index >= 15 is 0 Å². The molecule has 1 saturated heterocycles. The van der Waals surface area contributed by atoms with Crippen molar-refractivity contribution in [2.24, 2.45) is 33.5 Å². The third kappa shape index (κ3) is 3.36. The second kappa shape index (κ2) is 8.12. The minimum absolute atomic E-state index is 0.0109. The molecular weight excluding hydrogens is 440 g/mol. The maximum absolute atomic E-state index is 12.3. The molecule has 0 aromatic heterocycles. The van der Waals surface area contributed by atoms with Crippen molar-refractivity contribution >= 4 is 5.97 Å². The van der Waals surface area contributed by atoms with Gasteiger partial charge in [0.15, 0.2) is 6.29 Å². The van der Waals surface area contributed by atoms with Crippen molar-refractivity contribution in [1.82, 2.24) is 0 Å². The maximum atomic E-state index is 12.3. The largest absolute Gasteiger partial charge is 0.481 e. The fourth-order valence-corrected chi connectivity index (χ4v) is 9.51. The van der Waals surface area contributed by atoms with Gasteiger partial charge in [-0.2, -0.15) is 0 Å². The highest BCUT2D eigenvalue weighted by atomic mass is 16.7. The topological polar surface area (TPSA) is 137 Å². The van der Waals surface area contributed by atoms with E-state index in [2.05, 4.69) is 13.8 Å². The minimum atomic E-state index is -1.44. The highest BCUT2D eigenvalue weighted by molar-refractivity contribution is 5.75. The lowest BCUT2D eigenvalue weighted by Crippen LogP contribution is -2.60. The molecule has 0 aromatic rings. The summed E-state index contributed by atoms with van der Waals surface area (Å²) >= 11 is 0. The van der Waals surface area contributed by atoms with Gasteiger partial charge >= 0.3 is 5.97 Å². The van der Waals surface area contributed by atoms with E-state index in [4.69, 9.17) is 9.47 Å². The average molecular weight is 483 g/mol. The summed E-state index contributed by atoms with van der Waals surface area (Å²) in [6.07, 6.45) is 2.05. The van der Waals surface area contributed by atoms with Crippen LogP contribution in [0, 0.1) is 33.5 Å². The van der Waals surface area contributed by atoms with Gasteiger partial charge in [-0.25, -0.2) is 0 Å². The molecule has 194 valence electrons. The SMILES string of the molecule is C[C@@]12CCC[C@@](C)(C(=O)O)C1CC[C@@]13C[C@@H](OC4O[C@H](CO)[C@@H](O)[C@H](O)[C@@H]4O)[C@@](C)(CCC12)C3. The number of aliphatic hydroxyl groups is 4. The van der Waals surface area contributed by atoms with Crippen LogP contribution in [0.25, 0.3) is 0 Å². The van der Waals surface area contributed by atoms with Crippen LogP contribution in [0.3, 0.4) is 0 Å². The molecule has 12 atom stereocenters. The third-order valence-corrected chi connectivity index (χ3v) is 11.2. The van der Waals surface area contributed by atoms with Crippen LogP contribution in [-0.4, -0.2) is 74.9 Å². The standard InChI is InChI=1S/C26H42O8/c1-23-9-5-16-24(2)7-4-8-25(3,22(31)32)15(24)6-10-26(16,13-23)11-17(23)34-21-20(30)19(29)18(28)14(12-27)33-21/h14-21,27-30H,4-13H2,1-3H3,(H,31,32)/t14-,15?,16?,17-,18-,19+,20+,21?,23+,24-,25-,26+/m1/s1. The van der Waals surface area contributed by atoms with Gasteiger partial charge < -0.3 is 35.0 Å². The quantitative estimate of drug-likeness (QED) is 0.411. The van der Waals surface area contributed by atoms with E-state index in [9.17, 15) is 30.3 Å². The predicted molar refractivity (Wildman–Crippen MR) is 122 cm³/mol. The van der Waals surface area contributed by atoms with Crippen molar-refractivity contribution in [3.8, 4) is 0 Å². The first-order chi connectivity index (χ1) is 15.9. The molecule has 5 rings (SSSR count). The van der Waals surface area contributed by atoms with Gasteiger partial charge in [0, 0.05) is 0 Å². The van der Waals surface area contributed by atoms with E-state index in [1.807, 2.05) is 6.92 Å². The lowest BCUT2D eigenvalue weighted by Gasteiger charge is -2.63. The lowest BCUT2D eigenvalue weighted by atomic mass is 9.40. The number of carboxylic acid groups (broad SMARTS) is 1. The fourth-order valence-electron chi connectivity index (χ4n) is 9.51. The van der Waals surface area contributed by atoms with Crippen LogP contribution in [0.15, 0.2) is 0 Å². The number of rotatable bonds is 4. The van der Waals surface area contributed by atoms with E-state index < -0.39 is 48.7 Å². The zero-order chi connectivity index (χ0) is 24.7. The fraction of sp³-hybridized carbons (Fsp3) is 0.962. The van der Waals surface area contributed by atoms with Gasteiger partial charge in [-0.05, 0) is 86.4 Å². The van der Waals surface area contributed by atoms with Crippen molar-refractivity contribution in [1.29, 1.82) is 0 Å². The molecule has 5 N–H and O–H groups in total. The molecule has 0 radical (unpaired) electrons. The summed E-state index contributed by atoms with van der Waals surface area (Å²) in [6, 6.07) is 0. The Kier molecular flexibility index (Phi) is 5.95. The molecule has 1 spiro atoms. The average Bonchev–Trinajstić information content (AvgIpc) is 2.98. The number of ether oxygens (including phenoxy) is 2. The van der Waals surface area contributed by atoms with Crippen LogP contribution in [0.2, 0.25) is 0 Å². The summed E-state index contributed by atoms with van der Waals surface area (Å²) in [5.41, 5.74) is -0.694. The Morgan fingerprint density at radius 2 is 1.68 bits per heavy atom. The number of fused-ring (bicyclic) bond motifs is 3. The number of hydrogen-bond donors (Lipinski definition) is 5. The Morgan fingerprint density at radius 1 is 0.971 bits per heavy atom. The molecule has 5 aliphatic rings. The summed E-state index contributed by atoms with van der Waals surface area (Å²) in [7, 11) is 0. The monoisotopic (exact) mass is 482 g/mol. The van der Waals surface area contributed by atoms with Gasteiger partial charge in [0.05, 0.1) is 18.1 Å². The van der Waals surface area contributed by atoms with Crippen molar-refractivity contribution < 1.29 is 39.8 Å². The highest BCUT2D eigenvalue weighted by Crippen LogP contribution is 2.74. The van der Waals surface area contributed by atoms with Crippen molar-refractivity contribution in [2.75, 3.05) is 6.61 Å². The van der Waals surface area contributed by atoms with E-state index in [1.54, 1.807) is 0 Å². The summed E-state index contributed by atoms with van der Waals surface area (Å²) in [6.45, 7) is 6.07. The predicted octanol–water partition coefficient (Wildman–Crippen LogP) is 2.06.